The molecule has 1 saturated carbocycles. The molecular formula is C18H21N3O3S. The van der Waals surface area contributed by atoms with Crippen LogP contribution >= 0.6 is 0 Å². The molecule has 1 N–H and O–H groups in total. The number of anilines is 1. The van der Waals surface area contributed by atoms with Crippen LogP contribution in [-0.4, -0.2) is 35.6 Å². The van der Waals surface area contributed by atoms with Crippen molar-refractivity contribution in [3.05, 3.63) is 47.3 Å². The lowest BCUT2D eigenvalue weighted by Gasteiger charge is -2.12. The number of rotatable bonds is 4. The molecule has 7 heteroatoms. The van der Waals surface area contributed by atoms with Crippen molar-refractivity contribution in [3.63, 3.8) is 0 Å². The summed E-state index contributed by atoms with van der Waals surface area (Å²) in [7, 11) is -2.99. The molecule has 1 amide bonds. The highest BCUT2D eigenvalue weighted by Gasteiger charge is 2.36. The van der Waals surface area contributed by atoms with Crippen LogP contribution in [-0.2, 0) is 9.84 Å². The van der Waals surface area contributed by atoms with Crippen LogP contribution in [0.1, 0.15) is 53.0 Å². The van der Waals surface area contributed by atoms with E-state index >= 15 is 0 Å². The third-order valence-electron chi connectivity index (χ3n) is 4.82. The van der Waals surface area contributed by atoms with Gasteiger partial charge in [-0.3, -0.25) is 9.48 Å². The number of aromatic nitrogens is 2. The quantitative estimate of drug-likeness (QED) is 0.910. The lowest BCUT2D eigenvalue weighted by atomic mass is 10.2. The third kappa shape index (κ3) is 3.46. The molecule has 0 radical (unpaired) electrons. The van der Waals surface area contributed by atoms with Crippen LogP contribution in [0.4, 0.5) is 5.69 Å². The molecule has 2 heterocycles. The zero-order chi connectivity index (χ0) is 17.6. The van der Waals surface area contributed by atoms with Crippen LogP contribution in [0, 0.1) is 6.92 Å². The molecule has 6 nitrogen and oxygen atoms in total. The zero-order valence-corrected chi connectivity index (χ0v) is 14.9. The zero-order valence-electron chi connectivity index (χ0n) is 14.1. The summed E-state index contributed by atoms with van der Waals surface area (Å²) < 4.78 is 25.4. The van der Waals surface area contributed by atoms with Crippen molar-refractivity contribution in [2.75, 3.05) is 16.8 Å². The average Bonchev–Trinajstić information content (AvgIpc) is 3.19. The number of sulfone groups is 1. The van der Waals surface area contributed by atoms with Gasteiger partial charge in [-0.1, -0.05) is 12.1 Å². The molecule has 132 valence electrons. The van der Waals surface area contributed by atoms with Crippen molar-refractivity contribution in [2.24, 2.45) is 0 Å². The predicted molar refractivity (Wildman–Crippen MR) is 95.6 cm³/mol. The molecule has 4 rings (SSSR count). The number of aryl methyl sites for hydroxylation is 1. The average molecular weight is 359 g/mol. The Hall–Kier alpha value is -2.15. The standard InChI is InChI=1S/C18H21N3O3S/c1-12-3-2-4-14(9-12)19-18(22)16-10-17(13-5-6-13)21(20-16)15-7-8-25(23,24)11-15/h2-4,9-10,13,15H,5-8,11H2,1H3,(H,19,22). The van der Waals surface area contributed by atoms with Gasteiger partial charge in [-0.25, -0.2) is 8.42 Å². The molecule has 25 heavy (non-hydrogen) atoms. The summed E-state index contributed by atoms with van der Waals surface area (Å²) in [6.45, 7) is 1.97. The first-order valence-corrected chi connectivity index (χ1v) is 10.4. The van der Waals surface area contributed by atoms with Gasteiger partial charge in [0, 0.05) is 17.3 Å². The second-order valence-electron chi connectivity index (χ2n) is 7.05. The molecule has 1 saturated heterocycles. The van der Waals surface area contributed by atoms with Gasteiger partial charge in [-0.05, 0) is 49.9 Å². The summed E-state index contributed by atoms with van der Waals surface area (Å²) in [6.07, 6.45) is 2.72. The summed E-state index contributed by atoms with van der Waals surface area (Å²) in [5, 5.41) is 7.35. The van der Waals surface area contributed by atoms with Gasteiger partial charge in [-0.15, -0.1) is 0 Å². The van der Waals surface area contributed by atoms with E-state index in [4.69, 9.17) is 0 Å². The van der Waals surface area contributed by atoms with E-state index in [9.17, 15) is 13.2 Å². The fraction of sp³-hybridized carbons (Fsp3) is 0.444. The molecule has 0 spiro atoms. The largest absolute Gasteiger partial charge is 0.321 e. The Kier molecular flexibility index (Phi) is 3.91. The summed E-state index contributed by atoms with van der Waals surface area (Å²) in [6, 6.07) is 9.28. The fourth-order valence-corrected chi connectivity index (χ4v) is 5.07. The first-order valence-electron chi connectivity index (χ1n) is 8.59. The highest BCUT2D eigenvalue weighted by Crippen LogP contribution is 2.42. The molecule has 1 aromatic heterocycles. The maximum Gasteiger partial charge on any atom is 0.276 e. The molecule has 1 atom stereocenters. The van der Waals surface area contributed by atoms with E-state index in [1.165, 1.54) is 0 Å². The predicted octanol–water partition coefficient (Wildman–Crippen LogP) is 2.68. The number of amides is 1. The van der Waals surface area contributed by atoms with Crippen molar-refractivity contribution in [1.29, 1.82) is 0 Å². The molecule has 2 fully saturated rings. The summed E-state index contributed by atoms with van der Waals surface area (Å²) in [5.41, 5.74) is 3.15. The van der Waals surface area contributed by atoms with Gasteiger partial charge in [0.15, 0.2) is 15.5 Å². The first-order chi connectivity index (χ1) is 11.9. The van der Waals surface area contributed by atoms with Gasteiger partial charge >= 0.3 is 0 Å². The molecule has 2 aromatic rings. The second-order valence-corrected chi connectivity index (χ2v) is 9.28. The topological polar surface area (TPSA) is 81.1 Å². The third-order valence-corrected chi connectivity index (χ3v) is 6.57. The van der Waals surface area contributed by atoms with E-state index in [1.807, 2.05) is 37.3 Å². The van der Waals surface area contributed by atoms with E-state index in [0.717, 1.165) is 29.8 Å². The van der Waals surface area contributed by atoms with Gasteiger partial charge in [-0.2, -0.15) is 5.10 Å². The van der Waals surface area contributed by atoms with Crippen LogP contribution in [0.15, 0.2) is 30.3 Å². The van der Waals surface area contributed by atoms with E-state index in [1.54, 1.807) is 4.68 Å². The number of hydrogen-bond acceptors (Lipinski definition) is 4. The molecule has 2 aliphatic rings. The summed E-state index contributed by atoms with van der Waals surface area (Å²) in [5.74, 6) is 0.461. The monoisotopic (exact) mass is 359 g/mol. The Morgan fingerprint density at radius 2 is 2.04 bits per heavy atom. The van der Waals surface area contributed by atoms with Crippen LogP contribution < -0.4 is 5.32 Å². The normalized spacial score (nSPS) is 22.0. The maximum atomic E-state index is 12.6. The molecule has 1 unspecified atom stereocenters. The minimum atomic E-state index is -2.99. The Bertz CT molecular complexity index is 929. The second kappa shape index (κ2) is 5.98. The van der Waals surface area contributed by atoms with E-state index < -0.39 is 9.84 Å². The van der Waals surface area contributed by atoms with Crippen LogP contribution in [0.5, 0.6) is 0 Å². The number of carbonyl (C=O) groups excluding carboxylic acids is 1. The number of hydrogen-bond donors (Lipinski definition) is 1. The minimum absolute atomic E-state index is 0.118. The van der Waals surface area contributed by atoms with Crippen LogP contribution in [0.2, 0.25) is 0 Å². The van der Waals surface area contributed by atoms with Gasteiger partial charge < -0.3 is 5.32 Å². The Labute approximate surface area is 147 Å². The number of nitrogens with one attached hydrogen (secondary N) is 1. The molecule has 1 aliphatic heterocycles. The van der Waals surface area contributed by atoms with Crippen LogP contribution in [0.25, 0.3) is 0 Å². The minimum Gasteiger partial charge on any atom is -0.321 e. The smallest absolute Gasteiger partial charge is 0.276 e. The molecular weight excluding hydrogens is 338 g/mol. The van der Waals surface area contributed by atoms with Gasteiger partial charge in [0.2, 0.25) is 0 Å². The lowest BCUT2D eigenvalue weighted by molar-refractivity contribution is 0.102. The number of carbonyl (C=O) groups is 1. The van der Waals surface area contributed by atoms with E-state index in [2.05, 4.69) is 10.4 Å². The Morgan fingerprint density at radius 3 is 2.68 bits per heavy atom. The van der Waals surface area contributed by atoms with E-state index in [-0.39, 0.29) is 23.5 Å². The van der Waals surface area contributed by atoms with Gasteiger partial charge in [0.1, 0.15) is 0 Å². The number of benzene rings is 1. The Morgan fingerprint density at radius 1 is 1.24 bits per heavy atom. The summed E-state index contributed by atoms with van der Waals surface area (Å²) >= 11 is 0. The first kappa shape index (κ1) is 16.3. The van der Waals surface area contributed by atoms with Gasteiger partial charge in [0.25, 0.3) is 5.91 Å². The SMILES string of the molecule is Cc1cccc(NC(=O)c2cc(C3CC3)n(C3CCS(=O)(=O)C3)n2)c1. The Balaban J connectivity index is 1.60. The van der Waals surface area contributed by atoms with Gasteiger partial charge in [0.05, 0.1) is 17.5 Å². The molecule has 0 bridgehead atoms. The summed E-state index contributed by atoms with van der Waals surface area (Å²) in [4.78, 5) is 12.6. The highest BCUT2D eigenvalue weighted by molar-refractivity contribution is 7.91. The van der Waals surface area contributed by atoms with Crippen molar-refractivity contribution in [1.82, 2.24) is 9.78 Å². The maximum absolute atomic E-state index is 12.6. The van der Waals surface area contributed by atoms with Crippen molar-refractivity contribution < 1.29 is 13.2 Å². The molecule has 1 aromatic carbocycles. The highest BCUT2D eigenvalue weighted by atomic mass is 32.2. The molecule has 1 aliphatic carbocycles. The lowest BCUT2D eigenvalue weighted by Crippen LogP contribution is -2.17. The number of nitrogens with zero attached hydrogens (tertiary/aromatic N) is 2. The van der Waals surface area contributed by atoms with Crippen molar-refractivity contribution in [2.45, 2.75) is 38.1 Å². The van der Waals surface area contributed by atoms with Crippen molar-refractivity contribution in [3.8, 4) is 0 Å². The van der Waals surface area contributed by atoms with Crippen molar-refractivity contribution >= 4 is 21.4 Å². The fourth-order valence-electron chi connectivity index (χ4n) is 3.38. The van der Waals surface area contributed by atoms with E-state index in [0.29, 0.717) is 18.0 Å². The van der Waals surface area contributed by atoms with Crippen LogP contribution in [0.3, 0.4) is 0 Å².